The minimum absolute atomic E-state index is 0.554. The van der Waals surface area contributed by atoms with Crippen molar-refractivity contribution in [1.29, 1.82) is 0 Å². The van der Waals surface area contributed by atoms with Crippen LogP contribution in [-0.4, -0.2) is 4.98 Å². The van der Waals surface area contributed by atoms with Crippen molar-refractivity contribution < 1.29 is 0 Å². The van der Waals surface area contributed by atoms with E-state index in [-0.39, 0.29) is 0 Å². The molecule has 3 aromatic carbocycles. The van der Waals surface area contributed by atoms with Crippen LogP contribution in [0.5, 0.6) is 0 Å². The number of nitrogens with one attached hydrogen (secondary N) is 1. The highest BCUT2D eigenvalue weighted by Gasteiger charge is 2.24. The largest absolute Gasteiger partial charge is 0.353 e. The van der Waals surface area contributed by atoms with Crippen LogP contribution in [0.15, 0.2) is 54.6 Å². The molecule has 0 saturated carbocycles. The molecule has 0 bridgehead atoms. The van der Waals surface area contributed by atoms with Crippen molar-refractivity contribution in [3.63, 3.8) is 0 Å². The Balaban J connectivity index is 2.00. The van der Waals surface area contributed by atoms with Gasteiger partial charge in [-0.2, -0.15) is 0 Å². The second-order valence-electron chi connectivity index (χ2n) is 7.09. The molecule has 0 saturated heterocycles. The SMILES string of the molecule is CC1CC=Cc2c1c1c3ccccc3sc1c1[nH]c3ccccc3c21. The number of hydrogen-bond acceptors (Lipinski definition) is 1. The molecule has 120 valence electrons. The van der Waals surface area contributed by atoms with Crippen molar-refractivity contribution >= 4 is 59.4 Å². The minimum Gasteiger partial charge on any atom is -0.353 e. The van der Waals surface area contributed by atoms with Crippen molar-refractivity contribution in [2.75, 3.05) is 0 Å². The molecule has 2 aromatic heterocycles. The molecule has 2 heteroatoms. The molecular formula is C23H17NS. The lowest BCUT2D eigenvalue weighted by molar-refractivity contribution is 0.781. The topological polar surface area (TPSA) is 15.8 Å². The van der Waals surface area contributed by atoms with Gasteiger partial charge in [0.25, 0.3) is 0 Å². The summed E-state index contributed by atoms with van der Waals surface area (Å²) in [5.74, 6) is 0.554. The molecule has 1 N–H and O–H groups in total. The van der Waals surface area contributed by atoms with E-state index in [4.69, 9.17) is 0 Å². The van der Waals surface area contributed by atoms with Crippen molar-refractivity contribution in [2.24, 2.45) is 0 Å². The van der Waals surface area contributed by atoms with E-state index in [0.29, 0.717) is 5.92 Å². The molecule has 25 heavy (non-hydrogen) atoms. The van der Waals surface area contributed by atoms with Crippen LogP contribution in [0.3, 0.4) is 0 Å². The number of para-hydroxylation sites is 1. The van der Waals surface area contributed by atoms with Crippen LogP contribution in [0, 0.1) is 0 Å². The normalized spacial score (nSPS) is 17.1. The number of rotatable bonds is 0. The molecule has 1 atom stereocenters. The van der Waals surface area contributed by atoms with Crippen LogP contribution < -0.4 is 0 Å². The zero-order valence-corrected chi connectivity index (χ0v) is 14.8. The van der Waals surface area contributed by atoms with Gasteiger partial charge in [0, 0.05) is 31.8 Å². The Hall–Kier alpha value is -2.58. The van der Waals surface area contributed by atoms with E-state index in [1.165, 1.54) is 53.1 Å². The van der Waals surface area contributed by atoms with Gasteiger partial charge in [0.2, 0.25) is 0 Å². The first-order valence-electron chi connectivity index (χ1n) is 8.87. The second kappa shape index (κ2) is 4.74. The number of benzene rings is 3. The lowest BCUT2D eigenvalue weighted by Crippen LogP contribution is -2.01. The predicted molar refractivity (Wildman–Crippen MR) is 111 cm³/mol. The predicted octanol–water partition coefficient (Wildman–Crippen LogP) is 7.21. The Labute approximate surface area is 149 Å². The number of hydrogen-bond donors (Lipinski definition) is 1. The smallest absolute Gasteiger partial charge is 0.0652 e. The van der Waals surface area contributed by atoms with E-state index >= 15 is 0 Å². The van der Waals surface area contributed by atoms with Crippen LogP contribution in [0.2, 0.25) is 0 Å². The molecule has 0 spiro atoms. The number of aromatic nitrogens is 1. The van der Waals surface area contributed by atoms with E-state index in [1.54, 1.807) is 0 Å². The van der Waals surface area contributed by atoms with Gasteiger partial charge >= 0.3 is 0 Å². The maximum Gasteiger partial charge on any atom is 0.0652 e. The number of fused-ring (bicyclic) bond motifs is 10. The van der Waals surface area contributed by atoms with Crippen LogP contribution in [0.4, 0.5) is 0 Å². The van der Waals surface area contributed by atoms with E-state index in [2.05, 4.69) is 72.6 Å². The van der Waals surface area contributed by atoms with E-state index in [9.17, 15) is 0 Å². The molecule has 0 aliphatic heterocycles. The highest BCUT2D eigenvalue weighted by molar-refractivity contribution is 7.26. The summed E-state index contributed by atoms with van der Waals surface area (Å²) in [4.78, 5) is 3.72. The molecular weight excluding hydrogens is 322 g/mol. The Morgan fingerprint density at radius 1 is 0.960 bits per heavy atom. The fourth-order valence-electron chi connectivity index (χ4n) is 4.54. The number of allylic oxidation sites excluding steroid dienone is 1. The summed E-state index contributed by atoms with van der Waals surface area (Å²) in [5.41, 5.74) is 5.49. The summed E-state index contributed by atoms with van der Waals surface area (Å²) in [7, 11) is 0. The van der Waals surface area contributed by atoms with Crippen molar-refractivity contribution in [1.82, 2.24) is 4.98 Å². The van der Waals surface area contributed by atoms with Crippen LogP contribution in [0.25, 0.3) is 48.1 Å². The summed E-state index contributed by atoms with van der Waals surface area (Å²) in [6, 6.07) is 17.6. The Bertz CT molecular complexity index is 1330. The third-order valence-corrected chi connectivity index (χ3v) is 6.81. The lowest BCUT2D eigenvalue weighted by Gasteiger charge is -2.21. The summed E-state index contributed by atoms with van der Waals surface area (Å²) in [6.07, 6.45) is 5.82. The summed E-state index contributed by atoms with van der Waals surface area (Å²) in [5, 5.41) is 5.60. The molecule has 1 unspecified atom stereocenters. The Morgan fingerprint density at radius 2 is 1.76 bits per heavy atom. The zero-order chi connectivity index (χ0) is 16.5. The Kier molecular flexibility index (Phi) is 2.59. The molecule has 5 aromatic rings. The third-order valence-electron chi connectivity index (χ3n) is 5.62. The van der Waals surface area contributed by atoms with Crippen molar-refractivity contribution in [3.05, 3.63) is 65.7 Å². The maximum absolute atomic E-state index is 3.72. The third kappa shape index (κ3) is 1.68. The van der Waals surface area contributed by atoms with Gasteiger partial charge < -0.3 is 4.98 Å². The summed E-state index contributed by atoms with van der Waals surface area (Å²) in [6.45, 7) is 2.37. The van der Waals surface area contributed by atoms with E-state index in [0.717, 1.165) is 6.42 Å². The quantitative estimate of drug-likeness (QED) is 0.307. The van der Waals surface area contributed by atoms with Crippen LogP contribution >= 0.6 is 11.3 Å². The van der Waals surface area contributed by atoms with Crippen LogP contribution in [-0.2, 0) is 0 Å². The number of aromatic amines is 1. The zero-order valence-electron chi connectivity index (χ0n) is 14.0. The summed E-state index contributed by atoms with van der Waals surface area (Å²) < 4.78 is 2.79. The number of H-pyrrole nitrogens is 1. The van der Waals surface area contributed by atoms with Crippen LogP contribution in [0.1, 0.15) is 30.4 Å². The lowest BCUT2D eigenvalue weighted by atomic mass is 9.83. The first-order valence-corrected chi connectivity index (χ1v) is 9.68. The molecule has 1 aliphatic rings. The molecule has 6 rings (SSSR count). The molecule has 0 amide bonds. The first kappa shape index (κ1) is 13.7. The molecule has 1 aliphatic carbocycles. The van der Waals surface area contributed by atoms with Gasteiger partial charge in [-0.15, -0.1) is 11.3 Å². The second-order valence-corrected chi connectivity index (χ2v) is 8.14. The molecule has 2 heterocycles. The highest BCUT2D eigenvalue weighted by Crippen LogP contribution is 2.48. The molecule has 0 radical (unpaired) electrons. The van der Waals surface area contributed by atoms with E-state index < -0.39 is 0 Å². The van der Waals surface area contributed by atoms with Gasteiger partial charge in [-0.3, -0.25) is 0 Å². The van der Waals surface area contributed by atoms with Gasteiger partial charge in [0.05, 0.1) is 10.2 Å². The maximum atomic E-state index is 3.72. The van der Waals surface area contributed by atoms with Gasteiger partial charge in [0.15, 0.2) is 0 Å². The van der Waals surface area contributed by atoms with Crippen molar-refractivity contribution in [3.8, 4) is 0 Å². The Morgan fingerprint density at radius 3 is 2.68 bits per heavy atom. The van der Waals surface area contributed by atoms with Gasteiger partial charge in [-0.05, 0) is 35.6 Å². The fourth-order valence-corrected chi connectivity index (χ4v) is 5.77. The average molecular weight is 339 g/mol. The van der Waals surface area contributed by atoms with Gasteiger partial charge in [-0.1, -0.05) is 55.5 Å². The minimum atomic E-state index is 0.554. The highest BCUT2D eigenvalue weighted by atomic mass is 32.1. The van der Waals surface area contributed by atoms with Gasteiger partial charge in [-0.25, -0.2) is 0 Å². The van der Waals surface area contributed by atoms with Crippen molar-refractivity contribution in [2.45, 2.75) is 19.3 Å². The first-order chi connectivity index (χ1) is 12.3. The standard InChI is InChI=1S/C23H17NS/c1-13-7-6-10-16-19(13)21-15-9-3-5-12-18(15)25-23(21)22-20(16)14-8-2-4-11-17(14)24-22/h2-6,8-13,24H,7H2,1H3. The fraction of sp³-hybridized carbons (Fsp3) is 0.130. The van der Waals surface area contributed by atoms with E-state index in [1.807, 2.05) is 11.3 Å². The molecule has 1 nitrogen and oxygen atoms in total. The number of thiophene rings is 1. The molecule has 0 fully saturated rings. The monoisotopic (exact) mass is 339 g/mol. The summed E-state index contributed by atoms with van der Waals surface area (Å²) >= 11 is 1.93. The average Bonchev–Trinajstić information content (AvgIpc) is 3.20. The van der Waals surface area contributed by atoms with Gasteiger partial charge in [0.1, 0.15) is 0 Å².